The number of carbonyl (C=O) groups excluding carboxylic acids is 1. The molecule has 0 saturated heterocycles. The number of amides is 1. The number of thiazole rings is 1. The fourth-order valence-electron chi connectivity index (χ4n) is 8.02. The number of nitrogens with zero attached hydrogens (tertiary/aromatic N) is 1. The van der Waals surface area contributed by atoms with E-state index < -0.39 is 0 Å². The first-order valence-electron chi connectivity index (χ1n) is 17.4. The molecule has 1 saturated carbocycles. The zero-order chi connectivity index (χ0) is 33.2. The lowest BCUT2D eigenvalue weighted by Gasteiger charge is -2.47. The number of benzene rings is 3. The van der Waals surface area contributed by atoms with Crippen LogP contribution in [0, 0.1) is 23.7 Å². The molecule has 7 rings (SSSR count). The summed E-state index contributed by atoms with van der Waals surface area (Å²) in [4.78, 5) is 17.8. The van der Waals surface area contributed by atoms with Crippen molar-refractivity contribution in [2.24, 2.45) is 23.7 Å². The molecular formula is C41H50ClN3OS. The van der Waals surface area contributed by atoms with E-state index in [1.165, 1.54) is 31.2 Å². The standard InChI is InChI=1S/C38H41N3OS.C2H6.CH3Cl/c1-25-11-5-6-17-30(25)36-32-19-8-7-18-31(32)33-22-29(35(33)36)23-40-38-41-34(24-43-38)27-15-9-16-28(21-27)37(42)39-20-10-14-26-12-3-2-4-13-26;2*1-2/h2-5,7-9,11-13,15-16,18-19,21,24-25,29-30,33,35-36H,6,10,14,17,20,22-23H2,1H3,(H,39,42)(H,40,41);1-2H3;1H3. The van der Waals surface area contributed by atoms with Crippen molar-refractivity contribution in [3.63, 3.8) is 0 Å². The number of fused-ring (bicyclic) bond motifs is 3. The second-order valence-corrected chi connectivity index (χ2v) is 13.6. The summed E-state index contributed by atoms with van der Waals surface area (Å²) in [5.74, 6) is 4.13. The molecule has 0 spiro atoms. The number of rotatable bonds is 10. The summed E-state index contributed by atoms with van der Waals surface area (Å²) in [6, 6.07) is 27.5. The molecule has 6 atom stereocenters. The molecule has 1 fully saturated rings. The molecule has 6 heteroatoms. The van der Waals surface area contributed by atoms with Gasteiger partial charge < -0.3 is 10.6 Å². The molecule has 4 aromatic rings. The van der Waals surface area contributed by atoms with Crippen molar-refractivity contribution in [3.05, 3.63) is 119 Å². The highest BCUT2D eigenvalue weighted by Crippen LogP contribution is 2.64. The first-order chi connectivity index (χ1) is 23.2. The molecule has 47 heavy (non-hydrogen) atoms. The Bertz CT molecular complexity index is 1600. The Labute approximate surface area is 291 Å². The van der Waals surface area contributed by atoms with Gasteiger partial charge in [-0.15, -0.1) is 22.9 Å². The lowest BCUT2D eigenvalue weighted by atomic mass is 9.58. The van der Waals surface area contributed by atoms with E-state index in [2.05, 4.69) is 95.2 Å². The van der Waals surface area contributed by atoms with Crippen LogP contribution in [0.3, 0.4) is 0 Å². The number of alkyl halides is 1. The highest BCUT2D eigenvalue weighted by atomic mass is 35.5. The van der Waals surface area contributed by atoms with E-state index in [0.717, 1.165) is 47.6 Å². The average Bonchev–Trinajstić information content (AvgIpc) is 3.70. The molecule has 3 aliphatic carbocycles. The van der Waals surface area contributed by atoms with Crippen LogP contribution >= 0.6 is 22.9 Å². The SMILES string of the molecule is CC.CC1C=CCCC1C1c2ccccc2C2CC(CNc3nc(-c4cccc(C(=O)NCCCc5ccccc5)c4)cs3)C21.CCl. The Morgan fingerprint density at radius 2 is 1.74 bits per heavy atom. The van der Waals surface area contributed by atoms with Gasteiger partial charge in [0.1, 0.15) is 0 Å². The van der Waals surface area contributed by atoms with Gasteiger partial charge in [-0.2, -0.15) is 0 Å². The number of hydrogen-bond donors (Lipinski definition) is 2. The summed E-state index contributed by atoms with van der Waals surface area (Å²) in [5.41, 5.74) is 7.13. The summed E-state index contributed by atoms with van der Waals surface area (Å²) in [6.07, 6.45) is 12.0. The third-order valence-electron chi connectivity index (χ3n) is 10.2. The number of aryl methyl sites for hydroxylation is 1. The number of nitrogens with one attached hydrogen (secondary N) is 2. The molecule has 3 aromatic carbocycles. The first-order valence-corrected chi connectivity index (χ1v) is 19.0. The molecular weight excluding hydrogens is 618 g/mol. The van der Waals surface area contributed by atoms with Crippen LogP contribution < -0.4 is 10.6 Å². The Hall–Kier alpha value is -3.41. The minimum absolute atomic E-state index is 0.0297. The van der Waals surface area contributed by atoms with Crippen LogP contribution in [-0.2, 0) is 6.42 Å². The van der Waals surface area contributed by atoms with Crippen LogP contribution in [0.5, 0.6) is 0 Å². The van der Waals surface area contributed by atoms with Gasteiger partial charge in [-0.05, 0) is 96.4 Å². The van der Waals surface area contributed by atoms with Crippen LogP contribution in [0.15, 0.2) is 96.4 Å². The van der Waals surface area contributed by atoms with Gasteiger partial charge in [0.15, 0.2) is 5.13 Å². The number of anilines is 1. The zero-order valence-electron chi connectivity index (χ0n) is 28.3. The summed E-state index contributed by atoms with van der Waals surface area (Å²) >= 11 is 6.30. The van der Waals surface area contributed by atoms with E-state index >= 15 is 0 Å². The molecule has 2 N–H and O–H groups in total. The van der Waals surface area contributed by atoms with Crippen LogP contribution in [0.2, 0.25) is 0 Å². The minimum atomic E-state index is -0.0297. The lowest BCUT2D eigenvalue weighted by molar-refractivity contribution is 0.0929. The Morgan fingerprint density at radius 1 is 0.979 bits per heavy atom. The lowest BCUT2D eigenvalue weighted by Crippen LogP contribution is -2.41. The molecule has 3 aliphatic rings. The molecule has 0 bridgehead atoms. The molecule has 248 valence electrons. The molecule has 6 unspecified atom stereocenters. The maximum absolute atomic E-state index is 12.9. The molecule has 4 nitrogen and oxygen atoms in total. The predicted molar refractivity (Wildman–Crippen MR) is 201 cm³/mol. The fraction of sp³-hybridized carbons (Fsp3) is 0.415. The third kappa shape index (κ3) is 8.01. The van der Waals surface area contributed by atoms with Gasteiger partial charge in [0.2, 0.25) is 0 Å². The van der Waals surface area contributed by atoms with Crippen LogP contribution in [0.4, 0.5) is 5.13 Å². The van der Waals surface area contributed by atoms with E-state index in [0.29, 0.717) is 35.8 Å². The van der Waals surface area contributed by atoms with E-state index in [4.69, 9.17) is 4.98 Å². The summed E-state index contributed by atoms with van der Waals surface area (Å²) in [7, 11) is 0. The number of aromatic nitrogens is 1. The first kappa shape index (κ1) is 34.9. The fourth-order valence-corrected chi connectivity index (χ4v) is 8.75. The second kappa shape index (κ2) is 17.1. The van der Waals surface area contributed by atoms with Gasteiger partial charge in [-0.25, -0.2) is 4.98 Å². The normalized spacial score (nSPS) is 23.5. The van der Waals surface area contributed by atoms with Gasteiger partial charge in [0.25, 0.3) is 5.91 Å². The number of allylic oxidation sites excluding steroid dienone is 2. The Morgan fingerprint density at radius 3 is 2.53 bits per heavy atom. The zero-order valence-corrected chi connectivity index (χ0v) is 29.9. The van der Waals surface area contributed by atoms with Crippen molar-refractivity contribution in [1.82, 2.24) is 10.3 Å². The van der Waals surface area contributed by atoms with Gasteiger partial charge in [-0.1, -0.05) is 99.7 Å². The highest BCUT2D eigenvalue weighted by molar-refractivity contribution is 7.14. The van der Waals surface area contributed by atoms with Gasteiger partial charge in [-0.3, -0.25) is 4.79 Å². The van der Waals surface area contributed by atoms with Gasteiger partial charge in [0.05, 0.1) is 5.69 Å². The van der Waals surface area contributed by atoms with Gasteiger partial charge >= 0.3 is 0 Å². The van der Waals surface area contributed by atoms with E-state index in [1.54, 1.807) is 22.5 Å². The smallest absolute Gasteiger partial charge is 0.251 e. The van der Waals surface area contributed by atoms with Crippen molar-refractivity contribution >= 4 is 34.0 Å². The third-order valence-corrected chi connectivity index (χ3v) is 11.0. The molecule has 1 heterocycles. The highest BCUT2D eigenvalue weighted by Gasteiger charge is 2.54. The van der Waals surface area contributed by atoms with Crippen molar-refractivity contribution in [2.75, 3.05) is 24.8 Å². The van der Waals surface area contributed by atoms with Gasteiger partial charge in [0, 0.05) is 36.0 Å². The number of carbonyl (C=O) groups is 1. The molecule has 1 aromatic heterocycles. The number of halogens is 1. The van der Waals surface area contributed by atoms with Crippen molar-refractivity contribution in [3.8, 4) is 11.3 Å². The Kier molecular flexibility index (Phi) is 12.7. The van der Waals surface area contributed by atoms with Crippen molar-refractivity contribution < 1.29 is 4.79 Å². The summed E-state index contributed by atoms with van der Waals surface area (Å²) in [5, 5.41) is 9.86. The average molecular weight is 668 g/mol. The largest absolute Gasteiger partial charge is 0.361 e. The molecule has 0 aliphatic heterocycles. The summed E-state index contributed by atoms with van der Waals surface area (Å²) in [6.45, 7) is 8.05. The van der Waals surface area contributed by atoms with Crippen molar-refractivity contribution in [2.45, 2.75) is 64.7 Å². The van der Waals surface area contributed by atoms with E-state index in [-0.39, 0.29) is 5.91 Å². The van der Waals surface area contributed by atoms with Crippen LogP contribution in [0.25, 0.3) is 11.3 Å². The van der Waals surface area contributed by atoms with Crippen molar-refractivity contribution in [1.29, 1.82) is 0 Å². The van der Waals surface area contributed by atoms with E-state index in [9.17, 15) is 4.79 Å². The predicted octanol–water partition coefficient (Wildman–Crippen LogP) is 10.6. The second-order valence-electron chi connectivity index (χ2n) is 12.7. The number of hydrogen-bond acceptors (Lipinski definition) is 4. The molecule has 1 amide bonds. The summed E-state index contributed by atoms with van der Waals surface area (Å²) < 4.78 is 0. The monoisotopic (exact) mass is 667 g/mol. The minimum Gasteiger partial charge on any atom is -0.361 e. The maximum Gasteiger partial charge on any atom is 0.251 e. The Balaban J connectivity index is 0.00000105. The van der Waals surface area contributed by atoms with Crippen LogP contribution in [-0.4, -0.2) is 30.4 Å². The quantitative estimate of drug-likeness (QED) is 0.101. The molecule has 0 radical (unpaired) electrons. The topological polar surface area (TPSA) is 54.0 Å². The van der Waals surface area contributed by atoms with Crippen LogP contribution in [0.1, 0.15) is 85.3 Å². The maximum atomic E-state index is 12.9. The van der Waals surface area contributed by atoms with E-state index in [1.807, 2.05) is 44.2 Å².